The van der Waals surface area contributed by atoms with Gasteiger partial charge in [0, 0.05) is 15.9 Å². The fraction of sp³-hybridized carbons (Fsp3) is 0.333. The first-order valence-corrected chi connectivity index (χ1v) is 7.42. The topological polar surface area (TPSA) is 12.0 Å². The van der Waals surface area contributed by atoms with E-state index in [1.54, 1.807) is 0 Å². The van der Waals surface area contributed by atoms with Gasteiger partial charge in [0.05, 0.1) is 0 Å². The van der Waals surface area contributed by atoms with Crippen molar-refractivity contribution in [2.45, 2.75) is 25.8 Å². The molecule has 0 amide bonds. The highest BCUT2D eigenvalue weighted by atomic mass is 35.5. The van der Waals surface area contributed by atoms with Crippen LogP contribution in [0.5, 0.6) is 0 Å². The van der Waals surface area contributed by atoms with Crippen LogP contribution in [0.1, 0.15) is 28.5 Å². The molecule has 0 aliphatic carbocycles. The second-order valence-corrected chi connectivity index (χ2v) is 5.85. The summed E-state index contributed by atoms with van der Waals surface area (Å²) in [4.78, 5) is 1.43. The second-order valence-electron chi connectivity index (χ2n) is 4.44. The van der Waals surface area contributed by atoms with Gasteiger partial charge in [0.25, 0.3) is 0 Å². The van der Waals surface area contributed by atoms with Crippen molar-refractivity contribution in [2.24, 2.45) is 0 Å². The SMILES string of the molecule is CNC(CCc1cccs1)c1cccc(C)c1Cl. The molecule has 0 radical (unpaired) electrons. The molecular weight excluding hydrogens is 262 g/mol. The first-order chi connectivity index (χ1) is 8.72. The third-order valence-electron chi connectivity index (χ3n) is 3.21. The number of thiophene rings is 1. The smallest absolute Gasteiger partial charge is 0.0482 e. The summed E-state index contributed by atoms with van der Waals surface area (Å²) in [6, 6.07) is 10.9. The molecule has 1 unspecified atom stereocenters. The van der Waals surface area contributed by atoms with Crippen LogP contribution in [0, 0.1) is 6.92 Å². The van der Waals surface area contributed by atoms with Crippen LogP contribution in [0.3, 0.4) is 0 Å². The van der Waals surface area contributed by atoms with Gasteiger partial charge in [-0.2, -0.15) is 0 Å². The van der Waals surface area contributed by atoms with E-state index in [4.69, 9.17) is 11.6 Å². The van der Waals surface area contributed by atoms with Crippen LogP contribution in [0.4, 0.5) is 0 Å². The van der Waals surface area contributed by atoms with E-state index in [2.05, 4.69) is 48.0 Å². The van der Waals surface area contributed by atoms with Crippen molar-refractivity contribution in [3.8, 4) is 0 Å². The van der Waals surface area contributed by atoms with E-state index in [0.717, 1.165) is 23.4 Å². The monoisotopic (exact) mass is 279 g/mol. The van der Waals surface area contributed by atoms with E-state index in [0.29, 0.717) is 6.04 Å². The molecule has 0 saturated carbocycles. The number of aryl methyl sites for hydroxylation is 2. The lowest BCUT2D eigenvalue weighted by Gasteiger charge is -2.18. The van der Waals surface area contributed by atoms with Gasteiger partial charge in [-0.05, 0) is 49.4 Å². The van der Waals surface area contributed by atoms with Gasteiger partial charge in [-0.1, -0.05) is 35.9 Å². The van der Waals surface area contributed by atoms with Crippen LogP contribution in [-0.4, -0.2) is 7.05 Å². The summed E-state index contributed by atoms with van der Waals surface area (Å²) in [6.45, 7) is 2.05. The zero-order chi connectivity index (χ0) is 13.0. The maximum atomic E-state index is 6.39. The molecule has 0 fully saturated rings. The van der Waals surface area contributed by atoms with Crippen molar-refractivity contribution in [1.82, 2.24) is 5.32 Å². The van der Waals surface area contributed by atoms with Crippen molar-refractivity contribution in [2.75, 3.05) is 7.05 Å². The van der Waals surface area contributed by atoms with Gasteiger partial charge in [0.1, 0.15) is 0 Å². The summed E-state index contributed by atoms with van der Waals surface area (Å²) in [5.74, 6) is 0. The highest BCUT2D eigenvalue weighted by molar-refractivity contribution is 7.09. The Labute approximate surface area is 118 Å². The van der Waals surface area contributed by atoms with Crippen LogP contribution in [0.15, 0.2) is 35.7 Å². The first-order valence-electron chi connectivity index (χ1n) is 6.17. The van der Waals surface area contributed by atoms with Crippen LogP contribution in [0.25, 0.3) is 0 Å². The molecule has 2 aromatic rings. The number of halogens is 1. The lowest BCUT2D eigenvalue weighted by Crippen LogP contribution is -2.17. The van der Waals surface area contributed by atoms with Crippen molar-refractivity contribution >= 4 is 22.9 Å². The number of nitrogens with one attached hydrogen (secondary N) is 1. The number of rotatable bonds is 5. The van der Waals surface area contributed by atoms with Crippen LogP contribution < -0.4 is 5.32 Å². The number of benzene rings is 1. The standard InChI is InChI=1S/C15H18ClNS/c1-11-5-3-7-13(15(11)16)14(17-2)9-8-12-6-4-10-18-12/h3-7,10,14,17H,8-9H2,1-2H3. The van der Waals surface area contributed by atoms with E-state index in [1.165, 1.54) is 10.4 Å². The largest absolute Gasteiger partial charge is 0.313 e. The van der Waals surface area contributed by atoms with E-state index >= 15 is 0 Å². The van der Waals surface area contributed by atoms with E-state index < -0.39 is 0 Å². The Bertz CT molecular complexity index is 493. The molecule has 0 bridgehead atoms. The Morgan fingerprint density at radius 2 is 2.11 bits per heavy atom. The minimum absolute atomic E-state index is 0.319. The maximum Gasteiger partial charge on any atom is 0.0482 e. The fourth-order valence-corrected chi connectivity index (χ4v) is 3.12. The van der Waals surface area contributed by atoms with Gasteiger partial charge in [-0.3, -0.25) is 0 Å². The van der Waals surface area contributed by atoms with Gasteiger partial charge >= 0.3 is 0 Å². The predicted molar refractivity (Wildman–Crippen MR) is 80.6 cm³/mol. The Morgan fingerprint density at radius 3 is 2.78 bits per heavy atom. The predicted octanol–water partition coefficient (Wildman–Crippen LogP) is 4.60. The average Bonchev–Trinajstić information content (AvgIpc) is 2.88. The summed E-state index contributed by atoms with van der Waals surface area (Å²) >= 11 is 8.21. The van der Waals surface area contributed by atoms with Gasteiger partial charge in [0.15, 0.2) is 0 Å². The van der Waals surface area contributed by atoms with Crippen LogP contribution >= 0.6 is 22.9 Å². The highest BCUT2D eigenvalue weighted by Gasteiger charge is 2.14. The Kier molecular flexibility index (Phi) is 4.81. The summed E-state index contributed by atoms with van der Waals surface area (Å²) < 4.78 is 0. The van der Waals surface area contributed by atoms with Gasteiger partial charge < -0.3 is 5.32 Å². The quantitative estimate of drug-likeness (QED) is 0.843. The molecule has 18 heavy (non-hydrogen) atoms. The molecule has 1 nitrogen and oxygen atoms in total. The third kappa shape index (κ3) is 3.14. The zero-order valence-corrected chi connectivity index (χ0v) is 12.3. The molecule has 1 aromatic carbocycles. The average molecular weight is 280 g/mol. The summed E-state index contributed by atoms with van der Waals surface area (Å²) in [5.41, 5.74) is 2.35. The zero-order valence-electron chi connectivity index (χ0n) is 10.7. The molecule has 1 atom stereocenters. The van der Waals surface area contributed by atoms with Crippen molar-refractivity contribution < 1.29 is 0 Å². The maximum absolute atomic E-state index is 6.39. The fourth-order valence-electron chi connectivity index (χ4n) is 2.14. The molecule has 0 aliphatic heterocycles. The Morgan fingerprint density at radius 1 is 1.28 bits per heavy atom. The first kappa shape index (κ1) is 13.6. The second kappa shape index (κ2) is 6.37. The van der Waals surface area contributed by atoms with Crippen LogP contribution in [0.2, 0.25) is 5.02 Å². The minimum Gasteiger partial charge on any atom is -0.313 e. The van der Waals surface area contributed by atoms with E-state index in [-0.39, 0.29) is 0 Å². The van der Waals surface area contributed by atoms with Gasteiger partial charge in [0.2, 0.25) is 0 Å². The van der Waals surface area contributed by atoms with E-state index in [9.17, 15) is 0 Å². The lowest BCUT2D eigenvalue weighted by atomic mass is 10.00. The van der Waals surface area contributed by atoms with Crippen molar-refractivity contribution in [1.29, 1.82) is 0 Å². The molecule has 1 heterocycles. The molecule has 1 aromatic heterocycles. The summed E-state index contributed by atoms with van der Waals surface area (Å²) in [7, 11) is 2.00. The van der Waals surface area contributed by atoms with E-state index in [1.807, 2.05) is 18.4 Å². The molecule has 2 rings (SSSR count). The summed E-state index contributed by atoms with van der Waals surface area (Å²) in [5, 5.41) is 6.39. The Balaban J connectivity index is 2.10. The molecule has 96 valence electrons. The normalized spacial score (nSPS) is 12.6. The molecular formula is C15H18ClNS. The molecule has 0 saturated heterocycles. The van der Waals surface area contributed by atoms with Crippen molar-refractivity contribution in [3.05, 3.63) is 56.7 Å². The molecule has 1 N–H and O–H groups in total. The molecule has 0 spiro atoms. The van der Waals surface area contributed by atoms with Gasteiger partial charge in [-0.15, -0.1) is 11.3 Å². The van der Waals surface area contributed by atoms with Crippen molar-refractivity contribution in [3.63, 3.8) is 0 Å². The minimum atomic E-state index is 0.319. The van der Waals surface area contributed by atoms with Crippen LogP contribution in [-0.2, 0) is 6.42 Å². The molecule has 0 aliphatic rings. The lowest BCUT2D eigenvalue weighted by molar-refractivity contribution is 0.551. The molecule has 3 heteroatoms. The summed E-state index contributed by atoms with van der Waals surface area (Å²) in [6.07, 6.45) is 2.16. The number of hydrogen-bond acceptors (Lipinski definition) is 2. The Hall–Kier alpha value is -0.830. The highest BCUT2D eigenvalue weighted by Crippen LogP contribution is 2.29. The number of hydrogen-bond donors (Lipinski definition) is 1. The third-order valence-corrected chi connectivity index (χ3v) is 4.66. The van der Waals surface area contributed by atoms with Gasteiger partial charge in [-0.25, -0.2) is 0 Å².